The van der Waals surface area contributed by atoms with E-state index in [2.05, 4.69) is 16.0 Å². The minimum atomic E-state index is -0.962. The highest BCUT2D eigenvalue weighted by molar-refractivity contribution is 7.99. The van der Waals surface area contributed by atoms with Crippen LogP contribution in [0.15, 0.2) is 22.5 Å². The molecule has 2 rings (SSSR count). The Bertz CT molecular complexity index is 583. The van der Waals surface area contributed by atoms with E-state index < -0.39 is 5.97 Å². The van der Waals surface area contributed by atoms with Crippen molar-refractivity contribution in [1.29, 1.82) is 0 Å². The molecule has 100 valence electrons. The first kappa shape index (κ1) is 14.0. The Morgan fingerprint density at radius 1 is 1.42 bits per heavy atom. The molecule has 0 radical (unpaired) electrons. The van der Waals surface area contributed by atoms with E-state index in [1.54, 1.807) is 25.2 Å². The van der Waals surface area contributed by atoms with Crippen molar-refractivity contribution in [2.45, 2.75) is 25.3 Å². The van der Waals surface area contributed by atoms with Crippen molar-refractivity contribution in [2.24, 2.45) is 0 Å². The molecule has 0 saturated heterocycles. The number of aryl methyl sites for hydroxylation is 3. The number of carbonyl (C=O) groups is 1. The zero-order valence-corrected chi connectivity index (χ0v) is 12.3. The number of aromatic nitrogens is 2. The molecule has 4 nitrogen and oxygen atoms in total. The van der Waals surface area contributed by atoms with E-state index in [1.165, 1.54) is 16.6 Å². The molecule has 2 heterocycles. The van der Waals surface area contributed by atoms with E-state index >= 15 is 0 Å². The van der Waals surface area contributed by atoms with Crippen LogP contribution in [0.2, 0.25) is 0 Å². The van der Waals surface area contributed by atoms with E-state index in [4.69, 9.17) is 0 Å². The summed E-state index contributed by atoms with van der Waals surface area (Å²) in [5, 5.41) is 11.8. The zero-order chi connectivity index (χ0) is 13.8. The maximum Gasteiger partial charge on any atom is 0.340 e. The molecular weight excluding hydrogens is 280 g/mol. The molecule has 0 aliphatic heterocycles. The summed E-state index contributed by atoms with van der Waals surface area (Å²) in [6.07, 6.45) is 0.920. The molecule has 0 aliphatic rings. The number of thiophene rings is 1. The van der Waals surface area contributed by atoms with Gasteiger partial charge < -0.3 is 5.11 Å². The summed E-state index contributed by atoms with van der Waals surface area (Å²) in [4.78, 5) is 20.9. The van der Waals surface area contributed by atoms with Crippen molar-refractivity contribution in [2.75, 3.05) is 5.75 Å². The Kier molecular flexibility index (Phi) is 4.55. The second-order valence-corrected chi connectivity index (χ2v) is 6.14. The largest absolute Gasteiger partial charge is 0.478 e. The fraction of sp³-hybridized carbons (Fsp3) is 0.308. The topological polar surface area (TPSA) is 63.1 Å². The molecule has 0 fully saturated rings. The van der Waals surface area contributed by atoms with Gasteiger partial charge in [0, 0.05) is 10.6 Å². The smallest absolute Gasteiger partial charge is 0.340 e. The third-order valence-electron chi connectivity index (χ3n) is 2.55. The van der Waals surface area contributed by atoms with E-state index in [0.717, 1.165) is 12.2 Å². The van der Waals surface area contributed by atoms with Crippen LogP contribution in [0.5, 0.6) is 0 Å². The highest BCUT2D eigenvalue weighted by Crippen LogP contribution is 2.24. The number of aromatic carboxylic acids is 1. The number of carboxylic acid groups (broad SMARTS) is 1. The Balaban J connectivity index is 2.12. The molecular formula is C13H14N2O2S2. The second-order valence-electron chi connectivity index (χ2n) is 4.02. The average molecular weight is 294 g/mol. The van der Waals surface area contributed by atoms with E-state index in [1.807, 2.05) is 11.4 Å². The predicted octanol–water partition coefficient (Wildman–Crippen LogP) is 3.19. The van der Waals surface area contributed by atoms with E-state index in [9.17, 15) is 9.90 Å². The number of hydrogen-bond donors (Lipinski definition) is 1. The minimum Gasteiger partial charge on any atom is -0.478 e. The van der Waals surface area contributed by atoms with Gasteiger partial charge in [0.1, 0.15) is 16.4 Å². The summed E-state index contributed by atoms with van der Waals surface area (Å²) in [6.45, 7) is 3.49. The number of nitrogens with zero attached hydrogens (tertiary/aromatic N) is 2. The Morgan fingerprint density at radius 3 is 2.84 bits per heavy atom. The summed E-state index contributed by atoms with van der Waals surface area (Å²) in [6, 6.07) is 4.10. The summed E-state index contributed by atoms with van der Waals surface area (Å²) in [5.41, 5.74) is 0.750. The summed E-state index contributed by atoms with van der Waals surface area (Å²) in [5.74, 6) is 0.466. The lowest BCUT2D eigenvalue weighted by Gasteiger charge is -2.08. The van der Waals surface area contributed by atoms with Gasteiger partial charge in [0.25, 0.3) is 0 Å². The van der Waals surface area contributed by atoms with Crippen LogP contribution in [0.4, 0.5) is 0 Å². The lowest BCUT2D eigenvalue weighted by Crippen LogP contribution is -2.08. The van der Waals surface area contributed by atoms with Crippen molar-refractivity contribution in [1.82, 2.24) is 9.97 Å². The molecule has 6 heteroatoms. The van der Waals surface area contributed by atoms with Crippen molar-refractivity contribution < 1.29 is 9.90 Å². The van der Waals surface area contributed by atoms with Gasteiger partial charge in [-0.15, -0.1) is 23.1 Å². The van der Waals surface area contributed by atoms with Crippen LogP contribution < -0.4 is 0 Å². The van der Waals surface area contributed by atoms with Crippen LogP contribution in [0.1, 0.15) is 26.8 Å². The maximum atomic E-state index is 11.3. The Morgan fingerprint density at radius 2 is 2.21 bits per heavy atom. The quantitative estimate of drug-likeness (QED) is 0.678. The monoisotopic (exact) mass is 294 g/mol. The van der Waals surface area contributed by atoms with Gasteiger partial charge in [-0.25, -0.2) is 14.8 Å². The summed E-state index contributed by atoms with van der Waals surface area (Å²) >= 11 is 3.19. The van der Waals surface area contributed by atoms with Crippen molar-refractivity contribution >= 4 is 29.1 Å². The number of rotatable bonds is 5. The van der Waals surface area contributed by atoms with Crippen molar-refractivity contribution in [3.8, 4) is 0 Å². The molecule has 0 spiro atoms. The van der Waals surface area contributed by atoms with Gasteiger partial charge in [-0.05, 0) is 31.7 Å². The molecule has 2 aromatic heterocycles. The second kappa shape index (κ2) is 6.16. The minimum absolute atomic E-state index is 0.224. The average Bonchev–Trinajstić information content (AvgIpc) is 2.80. The van der Waals surface area contributed by atoms with Gasteiger partial charge in [0.2, 0.25) is 0 Å². The fourth-order valence-corrected chi connectivity index (χ4v) is 3.66. The van der Waals surface area contributed by atoms with Gasteiger partial charge in [-0.2, -0.15) is 0 Å². The van der Waals surface area contributed by atoms with E-state index in [-0.39, 0.29) is 5.56 Å². The molecule has 0 amide bonds. The maximum absolute atomic E-state index is 11.3. The lowest BCUT2D eigenvalue weighted by molar-refractivity contribution is 0.0690. The zero-order valence-electron chi connectivity index (χ0n) is 10.7. The highest BCUT2D eigenvalue weighted by atomic mass is 32.2. The third kappa shape index (κ3) is 3.54. The fourth-order valence-electron chi connectivity index (χ4n) is 1.74. The van der Waals surface area contributed by atoms with E-state index in [0.29, 0.717) is 16.5 Å². The highest BCUT2D eigenvalue weighted by Gasteiger charge is 2.17. The van der Waals surface area contributed by atoms with Crippen LogP contribution in [0.25, 0.3) is 0 Å². The summed E-state index contributed by atoms with van der Waals surface area (Å²) < 4.78 is 0. The molecule has 0 atom stereocenters. The van der Waals surface area contributed by atoms with Crippen LogP contribution in [0.3, 0.4) is 0 Å². The Hall–Kier alpha value is -1.40. The number of thioether (sulfide) groups is 1. The normalized spacial score (nSPS) is 10.6. The van der Waals surface area contributed by atoms with Crippen LogP contribution in [-0.4, -0.2) is 26.8 Å². The van der Waals surface area contributed by atoms with Gasteiger partial charge >= 0.3 is 5.97 Å². The third-order valence-corrected chi connectivity index (χ3v) is 4.46. The first-order chi connectivity index (χ1) is 9.08. The van der Waals surface area contributed by atoms with Crippen molar-refractivity contribution in [3.05, 3.63) is 39.5 Å². The lowest BCUT2D eigenvalue weighted by atomic mass is 10.2. The predicted molar refractivity (Wildman–Crippen MR) is 77.2 cm³/mol. The number of carboxylic acids is 1. The molecule has 2 aromatic rings. The van der Waals surface area contributed by atoms with Crippen LogP contribution in [0, 0.1) is 13.8 Å². The molecule has 19 heavy (non-hydrogen) atoms. The molecule has 0 unspecified atom stereocenters. The standard InChI is InChI=1S/C13H14N2O2S2/c1-8-11(13(16)17)12(15-9(2)14-8)19-7-5-10-4-3-6-18-10/h3-4,6H,5,7H2,1-2H3,(H,16,17). The molecule has 0 aromatic carbocycles. The molecule has 0 saturated carbocycles. The first-order valence-electron chi connectivity index (χ1n) is 5.81. The van der Waals surface area contributed by atoms with Crippen LogP contribution >= 0.6 is 23.1 Å². The van der Waals surface area contributed by atoms with Gasteiger partial charge in [0.15, 0.2) is 0 Å². The first-order valence-corrected chi connectivity index (χ1v) is 7.68. The van der Waals surface area contributed by atoms with Crippen molar-refractivity contribution in [3.63, 3.8) is 0 Å². The molecule has 0 bridgehead atoms. The molecule has 1 N–H and O–H groups in total. The Labute approximate surface area is 119 Å². The van der Waals surface area contributed by atoms with Crippen LogP contribution in [-0.2, 0) is 6.42 Å². The summed E-state index contributed by atoms with van der Waals surface area (Å²) in [7, 11) is 0. The SMILES string of the molecule is Cc1nc(C)c(C(=O)O)c(SCCc2cccs2)n1. The van der Waals surface area contributed by atoms with Gasteiger partial charge in [0.05, 0.1) is 5.69 Å². The van der Waals surface area contributed by atoms with Gasteiger partial charge in [-0.3, -0.25) is 0 Å². The van der Waals surface area contributed by atoms with Gasteiger partial charge in [-0.1, -0.05) is 6.07 Å². The number of hydrogen-bond acceptors (Lipinski definition) is 5. The molecule has 0 aliphatic carbocycles.